The van der Waals surface area contributed by atoms with Gasteiger partial charge >= 0.3 is 0 Å². The van der Waals surface area contributed by atoms with Gasteiger partial charge in [0.2, 0.25) is 5.91 Å². The second-order valence-corrected chi connectivity index (χ2v) is 7.71. The van der Waals surface area contributed by atoms with Crippen LogP contribution < -0.4 is 26.8 Å². The van der Waals surface area contributed by atoms with Gasteiger partial charge in [-0.1, -0.05) is 0 Å². The van der Waals surface area contributed by atoms with E-state index >= 15 is 0 Å². The molecule has 150 valence electrons. The Kier molecular flexibility index (Phi) is 5.73. The summed E-state index contributed by atoms with van der Waals surface area (Å²) in [6, 6.07) is 8.40. The molecule has 0 spiro atoms. The molecule has 0 aliphatic carbocycles. The summed E-state index contributed by atoms with van der Waals surface area (Å²) in [6.07, 6.45) is 2.24. The topological polar surface area (TPSA) is 104 Å². The third kappa shape index (κ3) is 4.10. The van der Waals surface area contributed by atoms with Crippen LogP contribution in [0.5, 0.6) is 0 Å². The number of likely N-dealkylation sites (tertiary alicyclic amines) is 1. The zero-order valence-corrected chi connectivity index (χ0v) is 15.6. The van der Waals surface area contributed by atoms with Gasteiger partial charge in [0.25, 0.3) is 0 Å². The maximum Gasteiger partial charge on any atom is 0.242 e. The molecule has 1 amide bonds. The molecule has 1 aromatic rings. The van der Waals surface area contributed by atoms with Crippen molar-refractivity contribution in [2.75, 3.05) is 25.0 Å². The number of hydrogen-bond donors (Lipinski definition) is 5. The number of nitriles is 1. The molecule has 5 N–H and O–H groups in total. The van der Waals surface area contributed by atoms with Gasteiger partial charge in [-0.25, -0.2) is 9.82 Å². The number of benzene rings is 1. The molecule has 4 atom stereocenters. The normalized spacial score (nSPS) is 31.5. The molecule has 3 heterocycles. The van der Waals surface area contributed by atoms with E-state index in [4.69, 9.17) is 5.26 Å². The number of hydrazine groups is 1. The van der Waals surface area contributed by atoms with Gasteiger partial charge < -0.3 is 5.32 Å². The number of carbonyl (C=O) groups excluding carboxylic acids is 1. The van der Waals surface area contributed by atoms with Crippen LogP contribution in [-0.4, -0.2) is 48.9 Å². The number of anilines is 1. The first-order valence-electron chi connectivity index (χ1n) is 9.82. The van der Waals surface area contributed by atoms with Crippen LogP contribution in [0.2, 0.25) is 0 Å². The van der Waals surface area contributed by atoms with Crippen molar-refractivity contribution in [1.82, 2.24) is 26.4 Å². The van der Waals surface area contributed by atoms with Crippen molar-refractivity contribution < 1.29 is 9.18 Å². The summed E-state index contributed by atoms with van der Waals surface area (Å²) in [7, 11) is 0. The molecule has 0 bridgehead atoms. The predicted molar refractivity (Wildman–Crippen MR) is 102 cm³/mol. The second-order valence-electron chi connectivity index (χ2n) is 7.71. The molecule has 3 saturated heterocycles. The molecule has 3 fully saturated rings. The van der Waals surface area contributed by atoms with Gasteiger partial charge in [0.15, 0.2) is 0 Å². The standard InChI is InChI=1S/C19H26FN7O/c20-13-1-3-14(4-2-13)23-17-16-15(11-22-26-18(16)28)24-19(25-17)27-9-6-12(5-8-21)7-10-27/h1-4,12,15-17,19,22-25H,5-7,9-11H2,(H,26,28). The average molecular weight is 387 g/mol. The molecule has 8 nitrogen and oxygen atoms in total. The van der Waals surface area contributed by atoms with Crippen LogP contribution in [0.15, 0.2) is 24.3 Å². The highest BCUT2D eigenvalue weighted by Crippen LogP contribution is 2.25. The summed E-state index contributed by atoms with van der Waals surface area (Å²) in [6.45, 7) is 2.43. The lowest BCUT2D eigenvalue weighted by Crippen LogP contribution is -2.77. The van der Waals surface area contributed by atoms with Gasteiger partial charge in [-0.05, 0) is 43.0 Å². The molecule has 4 unspecified atom stereocenters. The first-order chi connectivity index (χ1) is 13.6. The SMILES string of the molecule is N#CCC1CCN(C2NC3CNNC(=O)C3C(Nc3ccc(F)cc3)N2)CC1. The molecular weight excluding hydrogens is 361 g/mol. The number of amides is 1. The minimum Gasteiger partial charge on any atom is -0.369 e. The summed E-state index contributed by atoms with van der Waals surface area (Å²) in [4.78, 5) is 14.8. The summed E-state index contributed by atoms with van der Waals surface area (Å²) >= 11 is 0. The molecular formula is C19H26FN7O. The Morgan fingerprint density at radius 2 is 1.96 bits per heavy atom. The molecule has 0 aromatic heterocycles. The summed E-state index contributed by atoms with van der Waals surface area (Å²) in [5.41, 5.74) is 6.42. The molecule has 3 aliphatic rings. The van der Waals surface area contributed by atoms with Gasteiger partial charge in [-0.15, -0.1) is 0 Å². The van der Waals surface area contributed by atoms with E-state index in [9.17, 15) is 9.18 Å². The minimum atomic E-state index is -0.307. The Hall–Kier alpha value is -2.25. The fraction of sp³-hybridized carbons (Fsp3) is 0.579. The smallest absolute Gasteiger partial charge is 0.242 e. The highest BCUT2D eigenvalue weighted by molar-refractivity contribution is 5.81. The van der Waals surface area contributed by atoms with Crippen molar-refractivity contribution in [3.8, 4) is 6.07 Å². The number of hydrogen-bond acceptors (Lipinski definition) is 7. The Morgan fingerprint density at radius 1 is 1.21 bits per heavy atom. The Morgan fingerprint density at radius 3 is 2.68 bits per heavy atom. The van der Waals surface area contributed by atoms with E-state index in [1.165, 1.54) is 12.1 Å². The number of nitrogens with one attached hydrogen (secondary N) is 5. The monoisotopic (exact) mass is 387 g/mol. The lowest BCUT2D eigenvalue weighted by Gasteiger charge is -2.49. The third-order valence-electron chi connectivity index (χ3n) is 5.90. The quantitative estimate of drug-likeness (QED) is 0.506. The minimum absolute atomic E-state index is 0.0326. The number of carbonyl (C=O) groups is 1. The van der Waals surface area contributed by atoms with Gasteiger partial charge in [0, 0.05) is 37.8 Å². The van der Waals surface area contributed by atoms with Crippen LogP contribution >= 0.6 is 0 Å². The summed E-state index contributed by atoms with van der Waals surface area (Å²) in [5.74, 6) is -0.215. The Bertz CT molecular complexity index is 729. The fourth-order valence-electron chi connectivity index (χ4n) is 4.32. The average Bonchev–Trinajstić information content (AvgIpc) is 2.70. The number of piperidine rings is 1. The Labute approximate surface area is 163 Å². The Balaban J connectivity index is 1.47. The van der Waals surface area contributed by atoms with Crippen LogP contribution in [-0.2, 0) is 4.79 Å². The van der Waals surface area contributed by atoms with E-state index in [2.05, 4.69) is 37.8 Å². The van der Waals surface area contributed by atoms with Crippen molar-refractivity contribution in [2.45, 2.75) is 37.8 Å². The molecule has 0 saturated carbocycles. The second kappa shape index (κ2) is 8.41. The maximum atomic E-state index is 13.2. The lowest BCUT2D eigenvalue weighted by atomic mass is 9.90. The zero-order chi connectivity index (χ0) is 19.5. The molecule has 0 radical (unpaired) electrons. The first-order valence-corrected chi connectivity index (χ1v) is 9.82. The highest BCUT2D eigenvalue weighted by atomic mass is 19.1. The maximum absolute atomic E-state index is 13.2. The fourth-order valence-corrected chi connectivity index (χ4v) is 4.32. The van der Waals surface area contributed by atoms with Gasteiger partial charge in [-0.2, -0.15) is 5.26 Å². The molecule has 9 heteroatoms. The van der Waals surface area contributed by atoms with E-state index in [-0.39, 0.29) is 36.1 Å². The van der Waals surface area contributed by atoms with Crippen LogP contribution in [0.1, 0.15) is 19.3 Å². The number of rotatable bonds is 4. The summed E-state index contributed by atoms with van der Waals surface area (Å²) < 4.78 is 13.2. The largest absolute Gasteiger partial charge is 0.369 e. The number of nitrogens with zero attached hydrogens (tertiary/aromatic N) is 2. The first kappa shape index (κ1) is 19.1. The van der Waals surface area contributed by atoms with Crippen LogP contribution in [0.25, 0.3) is 0 Å². The van der Waals surface area contributed by atoms with E-state index in [1.54, 1.807) is 12.1 Å². The highest BCUT2D eigenvalue weighted by Gasteiger charge is 2.45. The number of fused-ring (bicyclic) bond motifs is 1. The van der Waals surface area contributed by atoms with E-state index in [1.807, 2.05) is 0 Å². The van der Waals surface area contributed by atoms with Crippen molar-refractivity contribution >= 4 is 11.6 Å². The molecule has 28 heavy (non-hydrogen) atoms. The van der Waals surface area contributed by atoms with Crippen LogP contribution in [0, 0.1) is 29.0 Å². The third-order valence-corrected chi connectivity index (χ3v) is 5.90. The van der Waals surface area contributed by atoms with Crippen LogP contribution in [0.4, 0.5) is 10.1 Å². The van der Waals surface area contributed by atoms with E-state index < -0.39 is 0 Å². The summed E-state index contributed by atoms with van der Waals surface area (Å²) in [5, 5.41) is 19.3. The molecule has 1 aromatic carbocycles. The molecule has 3 aliphatic heterocycles. The van der Waals surface area contributed by atoms with Crippen molar-refractivity contribution in [2.24, 2.45) is 11.8 Å². The van der Waals surface area contributed by atoms with Crippen molar-refractivity contribution in [3.63, 3.8) is 0 Å². The zero-order valence-electron chi connectivity index (χ0n) is 15.6. The van der Waals surface area contributed by atoms with Crippen molar-refractivity contribution in [1.29, 1.82) is 5.26 Å². The number of halogens is 1. The molecule has 4 rings (SSSR count). The lowest BCUT2D eigenvalue weighted by molar-refractivity contribution is -0.132. The predicted octanol–water partition coefficient (Wildman–Crippen LogP) is 0.285. The van der Waals surface area contributed by atoms with E-state index in [0.29, 0.717) is 18.9 Å². The van der Waals surface area contributed by atoms with E-state index in [0.717, 1.165) is 31.6 Å². The van der Waals surface area contributed by atoms with Gasteiger partial charge in [0.1, 0.15) is 12.1 Å². The van der Waals surface area contributed by atoms with Gasteiger partial charge in [0.05, 0.1) is 18.2 Å². The van der Waals surface area contributed by atoms with Gasteiger partial charge in [-0.3, -0.25) is 25.8 Å². The van der Waals surface area contributed by atoms with Crippen molar-refractivity contribution in [3.05, 3.63) is 30.1 Å². The van der Waals surface area contributed by atoms with Crippen LogP contribution in [0.3, 0.4) is 0 Å².